The lowest BCUT2D eigenvalue weighted by molar-refractivity contribution is 0.211. The number of rotatable bonds is 9. The molecule has 2 heteroatoms. The molecule has 2 nitrogen and oxygen atoms in total. The van der Waals surface area contributed by atoms with E-state index in [1.165, 1.54) is 24.2 Å². The molecule has 0 radical (unpaired) electrons. The SMILES string of the molecule is CNCCc1ccccc1CN(CC(C)C)CC(C)C. The van der Waals surface area contributed by atoms with E-state index in [1.807, 2.05) is 7.05 Å². The summed E-state index contributed by atoms with van der Waals surface area (Å²) in [5.41, 5.74) is 2.98. The van der Waals surface area contributed by atoms with E-state index in [0.29, 0.717) is 0 Å². The van der Waals surface area contributed by atoms with Crippen molar-refractivity contribution in [2.45, 2.75) is 40.7 Å². The van der Waals surface area contributed by atoms with Crippen molar-refractivity contribution in [2.24, 2.45) is 11.8 Å². The maximum atomic E-state index is 3.25. The van der Waals surface area contributed by atoms with Crippen molar-refractivity contribution in [2.75, 3.05) is 26.7 Å². The van der Waals surface area contributed by atoms with Gasteiger partial charge in [-0.05, 0) is 43.0 Å². The number of benzene rings is 1. The van der Waals surface area contributed by atoms with E-state index in [2.05, 4.69) is 62.2 Å². The largest absolute Gasteiger partial charge is 0.319 e. The van der Waals surface area contributed by atoms with Crippen molar-refractivity contribution in [3.05, 3.63) is 35.4 Å². The molecule has 1 aromatic carbocycles. The second-order valence-corrected chi connectivity index (χ2v) is 6.60. The molecule has 0 atom stereocenters. The highest BCUT2D eigenvalue weighted by molar-refractivity contribution is 5.27. The lowest BCUT2D eigenvalue weighted by Crippen LogP contribution is -2.31. The Morgan fingerprint density at radius 2 is 1.50 bits per heavy atom. The molecule has 1 N–H and O–H groups in total. The first-order valence-electron chi connectivity index (χ1n) is 7.96. The van der Waals surface area contributed by atoms with Crippen molar-refractivity contribution in [3.63, 3.8) is 0 Å². The van der Waals surface area contributed by atoms with E-state index in [9.17, 15) is 0 Å². The van der Waals surface area contributed by atoms with Crippen LogP contribution in [0.25, 0.3) is 0 Å². The van der Waals surface area contributed by atoms with Crippen molar-refractivity contribution in [3.8, 4) is 0 Å². The highest BCUT2D eigenvalue weighted by atomic mass is 15.1. The predicted octanol–water partition coefficient (Wildman–Crippen LogP) is 3.56. The third-order valence-electron chi connectivity index (χ3n) is 3.40. The highest BCUT2D eigenvalue weighted by Crippen LogP contribution is 2.15. The van der Waals surface area contributed by atoms with Crippen molar-refractivity contribution < 1.29 is 0 Å². The van der Waals surface area contributed by atoms with Gasteiger partial charge in [-0.15, -0.1) is 0 Å². The second-order valence-electron chi connectivity index (χ2n) is 6.60. The molecule has 0 aliphatic heterocycles. The number of likely N-dealkylation sites (N-methyl/N-ethyl adjacent to an activating group) is 1. The summed E-state index contributed by atoms with van der Waals surface area (Å²) in [5, 5.41) is 3.25. The summed E-state index contributed by atoms with van der Waals surface area (Å²) in [5.74, 6) is 1.44. The van der Waals surface area contributed by atoms with Crippen LogP contribution < -0.4 is 5.32 Å². The minimum Gasteiger partial charge on any atom is -0.319 e. The lowest BCUT2D eigenvalue weighted by atomic mass is 10.0. The quantitative estimate of drug-likeness (QED) is 0.742. The average Bonchev–Trinajstić information content (AvgIpc) is 2.36. The van der Waals surface area contributed by atoms with E-state index in [0.717, 1.165) is 31.3 Å². The molecule has 0 saturated heterocycles. The maximum Gasteiger partial charge on any atom is 0.0236 e. The second kappa shape index (κ2) is 9.15. The van der Waals surface area contributed by atoms with E-state index >= 15 is 0 Å². The van der Waals surface area contributed by atoms with E-state index in [4.69, 9.17) is 0 Å². The van der Waals surface area contributed by atoms with Crippen LogP contribution in [0.2, 0.25) is 0 Å². The van der Waals surface area contributed by atoms with Crippen LogP contribution in [0.5, 0.6) is 0 Å². The molecule has 0 aliphatic rings. The summed E-state index contributed by atoms with van der Waals surface area (Å²) in [7, 11) is 2.02. The van der Waals surface area contributed by atoms with Crippen LogP contribution in [0.4, 0.5) is 0 Å². The summed E-state index contributed by atoms with van der Waals surface area (Å²) >= 11 is 0. The van der Waals surface area contributed by atoms with Crippen LogP contribution in [0, 0.1) is 11.8 Å². The molecule has 20 heavy (non-hydrogen) atoms. The average molecular weight is 276 g/mol. The standard InChI is InChI=1S/C18H32N2/c1-15(2)12-20(13-16(3)4)14-18-9-7-6-8-17(18)10-11-19-5/h6-9,15-16,19H,10-14H2,1-5H3. The molecule has 0 spiro atoms. The Bertz CT molecular complexity index is 361. The molecule has 1 rings (SSSR count). The predicted molar refractivity (Wildman–Crippen MR) is 89.0 cm³/mol. The normalized spacial score (nSPS) is 11.8. The fourth-order valence-electron chi connectivity index (χ4n) is 2.69. The van der Waals surface area contributed by atoms with Crippen LogP contribution in [-0.4, -0.2) is 31.6 Å². The van der Waals surface area contributed by atoms with Gasteiger partial charge in [0.15, 0.2) is 0 Å². The van der Waals surface area contributed by atoms with Crippen molar-refractivity contribution >= 4 is 0 Å². The Morgan fingerprint density at radius 3 is 2.00 bits per heavy atom. The van der Waals surface area contributed by atoms with Crippen LogP contribution in [0.1, 0.15) is 38.8 Å². The van der Waals surface area contributed by atoms with E-state index < -0.39 is 0 Å². The highest BCUT2D eigenvalue weighted by Gasteiger charge is 2.12. The minimum absolute atomic E-state index is 0.721. The van der Waals surface area contributed by atoms with Crippen molar-refractivity contribution in [1.82, 2.24) is 10.2 Å². The molecule has 1 aromatic rings. The first-order valence-corrected chi connectivity index (χ1v) is 7.96. The fraction of sp³-hybridized carbons (Fsp3) is 0.667. The number of nitrogens with zero attached hydrogens (tertiary/aromatic N) is 1. The van der Waals surface area contributed by atoms with E-state index in [-0.39, 0.29) is 0 Å². The Morgan fingerprint density at radius 1 is 0.950 bits per heavy atom. The van der Waals surface area contributed by atoms with Gasteiger partial charge < -0.3 is 5.32 Å². The monoisotopic (exact) mass is 276 g/mol. The summed E-state index contributed by atoms with van der Waals surface area (Å²) in [6, 6.07) is 8.89. The maximum absolute atomic E-state index is 3.25. The summed E-state index contributed by atoms with van der Waals surface area (Å²) in [6.45, 7) is 13.7. The smallest absolute Gasteiger partial charge is 0.0236 e. The fourth-order valence-corrected chi connectivity index (χ4v) is 2.69. The summed E-state index contributed by atoms with van der Waals surface area (Å²) in [6.07, 6.45) is 1.11. The summed E-state index contributed by atoms with van der Waals surface area (Å²) in [4.78, 5) is 2.60. The molecule has 0 bridgehead atoms. The minimum atomic E-state index is 0.721. The van der Waals surface area contributed by atoms with Gasteiger partial charge >= 0.3 is 0 Å². The topological polar surface area (TPSA) is 15.3 Å². The Kier molecular flexibility index (Phi) is 7.86. The van der Waals surface area contributed by atoms with Gasteiger partial charge in [0.1, 0.15) is 0 Å². The van der Waals surface area contributed by atoms with Gasteiger partial charge in [-0.3, -0.25) is 4.90 Å². The molecule has 0 aliphatic carbocycles. The molecule has 0 saturated carbocycles. The number of hydrogen-bond donors (Lipinski definition) is 1. The first-order chi connectivity index (χ1) is 9.52. The zero-order chi connectivity index (χ0) is 15.0. The van der Waals surface area contributed by atoms with Gasteiger partial charge in [-0.2, -0.15) is 0 Å². The van der Waals surface area contributed by atoms with Gasteiger partial charge in [0.05, 0.1) is 0 Å². The third kappa shape index (κ3) is 6.53. The van der Waals surface area contributed by atoms with E-state index in [1.54, 1.807) is 0 Å². The molecule has 0 fully saturated rings. The Labute approximate surface area is 125 Å². The van der Waals surface area contributed by atoms with Gasteiger partial charge in [0.2, 0.25) is 0 Å². The van der Waals surface area contributed by atoms with Crippen LogP contribution in [-0.2, 0) is 13.0 Å². The van der Waals surface area contributed by atoms with Gasteiger partial charge in [-0.1, -0.05) is 52.0 Å². The van der Waals surface area contributed by atoms with Crippen molar-refractivity contribution in [1.29, 1.82) is 0 Å². The third-order valence-corrected chi connectivity index (χ3v) is 3.40. The van der Waals surface area contributed by atoms with Gasteiger partial charge in [0, 0.05) is 19.6 Å². The molecule has 0 aromatic heterocycles. The lowest BCUT2D eigenvalue weighted by Gasteiger charge is -2.27. The van der Waals surface area contributed by atoms with Crippen LogP contribution in [0.3, 0.4) is 0 Å². The molecule has 0 amide bonds. The molecule has 0 unspecified atom stereocenters. The van der Waals surface area contributed by atoms with Crippen LogP contribution >= 0.6 is 0 Å². The number of nitrogens with one attached hydrogen (secondary N) is 1. The van der Waals surface area contributed by atoms with Crippen LogP contribution in [0.15, 0.2) is 24.3 Å². The molecular weight excluding hydrogens is 244 g/mol. The first kappa shape index (κ1) is 17.2. The van der Waals surface area contributed by atoms with Gasteiger partial charge in [0.25, 0.3) is 0 Å². The zero-order valence-corrected chi connectivity index (χ0v) is 13.9. The number of hydrogen-bond acceptors (Lipinski definition) is 2. The molecular formula is C18H32N2. The Balaban J connectivity index is 2.75. The van der Waals surface area contributed by atoms with Gasteiger partial charge in [-0.25, -0.2) is 0 Å². The molecule has 0 heterocycles. The zero-order valence-electron chi connectivity index (χ0n) is 13.9. The molecule has 114 valence electrons. The summed E-state index contributed by atoms with van der Waals surface area (Å²) < 4.78 is 0. The Hall–Kier alpha value is -0.860.